The Morgan fingerprint density at radius 3 is 1.25 bits per heavy atom. The molecule has 386 valence electrons. The van der Waals surface area contributed by atoms with Gasteiger partial charge < -0.3 is 39.4 Å². The van der Waals surface area contributed by atoms with Crippen LogP contribution in [0.2, 0.25) is 0 Å². The van der Waals surface area contributed by atoms with Crippen LogP contribution in [-0.4, -0.2) is 89.6 Å². The summed E-state index contributed by atoms with van der Waals surface area (Å²) in [6, 6.07) is 0. The highest BCUT2D eigenvalue weighted by Crippen LogP contribution is 2.23. The lowest BCUT2D eigenvalue weighted by Crippen LogP contribution is -2.59. The third-order valence-corrected chi connectivity index (χ3v) is 13.4. The van der Waals surface area contributed by atoms with Crippen molar-refractivity contribution in [2.45, 2.75) is 314 Å². The van der Waals surface area contributed by atoms with E-state index in [1.165, 1.54) is 225 Å². The van der Waals surface area contributed by atoms with Crippen LogP contribution >= 0.6 is 0 Å². The SMILES string of the molecule is CCCCCCCCCC/C=C\CCCCCCCCCCCCOCC(COC1OC(CO)C(O)C(O)C1O)OC(=O)CCCCCCCCCCCCCCCCCCCCCC. The van der Waals surface area contributed by atoms with Crippen molar-refractivity contribution in [1.29, 1.82) is 0 Å². The Labute approximate surface area is 401 Å². The molecule has 6 atom stereocenters. The summed E-state index contributed by atoms with van der Waals surface area (Å²) in [7, 11) is 0. The summed E-state index contributed by atoms with van der Waals surface area (Å²) in [4.78, 5) is 12.9. The first-order valence-electron chi connectivity index (χ1n) is 28.3. The molecule has 0 amide bonds. The second-order valence-corrected chi connectivity index (χ2v) is 19.7. The number of ether oxygens (including phenoxy) is 4. The summed E-state index contributed by atoms with van der Waals surface area (Å²) >= 11 is 0. The number of hydrogen-bond donors (Lipinski definition) is 4. The zero-order valence-electron chi connectivity index (χ0n) is 42.8. The first kappa shape index (κ1) is 61.9. The van der Waals surface area contributed by atoms with Gasteiger partial charge in [0.2, 0.25) is 0 Å². The van der Waals surface area contributed by atoms with Crippen LogP contribution in [0.1, 0.15) is 277 Å². The first-order valence-corrected chi connectivity index (χ1v) is 28.3. The Kier molecular flexibility index (Phi) is 45.7. The van der Waals surface area contributed by atoms with Crippen LogP contribution in [0.3, 0.4) is 0 Å². The molecule has 0 radical (unpaired) electrons. The van der Waals surface area contributed by atoms with E-state index in [2.05, 4.69) is 26.0 Å². The zero-order valence-corrected chi connectivity index (χ0v) is 42.8. The molecule has 0 bridgehead atoms. The van der Waals surface area contributed by atoms with Crippen LogP contribution in [0.15, 0.2) is 12.2 Å². The fraction of sp³-hybridized carbons (Fsp3) is 0.946. The quantitative estimate of drug-likeness (QED) is 0.0267. The number of hydrogen-bond acceptors (Lipinski definition) is 9. The van der Waals surface area contributed by atoms with Crippen LogP contribution in [0, 0.1) is 0 Å². The minimum atomic E-state index is -1.53. The number of aliphatic hydroxyl groups excluding tert-OH is 4. The van der Waals surface area contributed by atoms with Crippen molar-refractivity contribution in [1.82, 2.24) is 0 Å². The van der Waals surface area contributed by atoms with Crippen LogP contribution in [-0.2, 0) is 23.7 Å². The van der Waals surface area contributed by atoms with Gasteiger partial charge >= 0.3 is 5.97 Å². The number of carbonyl (C=O) groups excluding carboxylic acids is 1. The lowest BCUT2D eigenvalue weighted by atomic mass is 9.99. The molecule has 65 heavy (non-hydrogen) atoms. The van der Waals surface area contributed by atoms with Gasteiger partial charge in [0.05, 0.1) is 19.8 Å². The minimum absolute atomic E-state index is 0.107. The molecule has 1 aliphatic heterocycles. The average molecular weight is 925 g/mol. The summed E-state index contributed by atoms with van der Waals surface area (Å²) in [6.07, 6.45) is 49.7. The van der Waals surface area contributed by atoms with Crippen molar-refractivity contribution < 1.29 is 44.2 Å². The molecule has 0 aliphatic carbocycles. The number of allylic oxidation sites excluding steroid dienone is 2. The molecule has 1 heterocycles. The molecule has 6 unspecified atom stereocenters. The summed E-state index contributed by atoms with van der Waals surface area (Å²) in [6.45, 7) is 4.62. The van der Waals surface area contributed by atoms with Gasteiger partial charge in [-0.25, -0.2) is 0 Å². The minimum Gasteiger partial charge on any atom is -0.457 e. The van der Waals surface area contributed by atoms with Gasteiger partial charge in [0.15, 0.2) is 6.29 Å². The van der Waals surface area contributed by atoms with Crippen molar-refractivity contribution in [3.05, 3.63) is 12.2 Å². The van der Waals surface area contributed by atoms with Crippen molar-refractivity contribution in [3.8, 4) is 0 Å². The molecule has 0 spiro atoms. The molecule has 0 aromatic heterocycles. The Morgan fingerprint density at radius 2 is 0.846 bits per heavy atom. The normalized spacial score (nSPS) is 19.4. The van der Waals surface area contributed by atoms with Crippen molar-refractivity contribution in [2.24, 2.45) is 0 Å². The highest BCUT2D eigenvalue weighted by atomic mass is 16.7. The number of carbonyl (C=O) groups is 1. The van der Waals surface area contributed by atoms with Gasteiger partial charge in [-0.2, -0.15) is 0 Å². The average Bonchev–Trinajstić information content (AvgIpc) is 3.31. The van der Waals surface area contributed by atoms with Crippen LogP contribution < -0.4 is 0 Å². The lowest BCUT2D eigenvalue weighted by Gasteiger charge is -2.39. The Morgan fingerprint density at radius 1 is 0.477 bits per heavy atom. The van der Waals surface area contributed by atoms with Crippen molar-refractivity contribution in [2.75, 3.05) is 26.4 Å². The fourth-order valence-corrected chi connectivity index (χ4v) is 9.02. The Balaban J connectivity index is 2.15. The summed E-state index contributed by atoms with van der Waals surface area (Å²) in [5.41, 5.74) is 0. The molecule has 4 N–H and O–H groups in total. The fourth-order valence-electron chi connectivity index (χ4n) is 9.02. The monoisotopic (exact) mass is 925 g/mol. The highest BCUT2D eigenvalue weighted by Gasteiger charge is 2.44. The van der Waals surface area contributed by atoms with Gasteiger partial charge in [0, 0.05) is 13.0 Å². The third kappa shape index (κ3) is 38.5. The van der Waals surface area contributed by atoms with E-state index in [4.69, 9.17) is 18.9 Å². The van der Waals surface area contributed by atoms with Crippen molar-refractivity contribution in [3.63, 3.8) is 0 Å². The van der Waals surface area contributed by atoms with E-state index in [0.717, 1.165) is 32.1 Å². The predicted octanol–water partition coefficient (Wildman–Crippen LogP) is 14.3. The maximum atomic E-state index is 12.9. The zero-order chi connectivity index (χ0) is 47.1. The Bertz CT molecular complexity index is 1010. The van der Waals surface area contributed by atoms with E-state index in [0.29, 0.717) is 13.0 Å². The molecule has 9 heteroatoms. The summed E-state index contributed by atoms with van der Waals surface area (Å²) in [5.74, 6) is -0.306. The van der Waals surface area contributed by atoms with Gasteiger partial charge in [0.1, 0.15) is 30.5 Å². The molecule has 1 fully saturated rings. The van der Waals surface area contributed by atoms with Crippen LogP contribution in [0.25, 0.3) is 0 Å². The smallest absolute Gasteiger partial charge is 0.306 e. The topological polar surface area (TPSA) is 135 Å². The molecule has 1 aliphatic rings. The van der Waals surface area contributed by atoms with Crippen LogP contribution in [0.5, 0.6) is 0 Å². The van der Waals surface area contributed by atoms with E-state index in [9.17, 15) is 25.2 Å². The molecular weight excluding hydrogens is 817 g/mol. The van der Waals surface area contributed by atoms with Gasteiger partial charge in [-0.1, -0.05) is 244 Å². The van der Waals surface area contributed by atoms with Gasteiger partial charge in [-0.3, -0.25) is 4.79 Å². The second kappa shape index (κ2) is 48.0. The summed E-state index contributed by atoms with van der Waals surface area (Å²) < 4.78 is 23.0. The number of rotatable bonds is 50. The van der Waals surface area contributed by atoms with Gasteiger partial charge in [-0.05, 0) is 38.5 Å². The van der Waals surface area contributed by atoms with Gasteiger partial charge in [-0.15, -0.1) is 0 Å². The maximum Gasteiger partial charge on any atom is 0.306 e. The number of aliphatic hydroxyl groups is 4. The highest BCUT2D eigenvalue weighted by molar-refractivity contribution is 5.69. The molecule has 9 nitrogen and oxygen atoms in total. The molecule has 0 aromatic carbocycles. The third-order valence-electron chi connectivity index (χ3n) is 13.4. The van der Waals surface area contributed by atoms with Crippen molar-refractivity contribution >= 4 is 5.97 Å². The maximum absolute atomic E-state index is 12.9. The largest absolute Gasteiger partial charge is 0.457 e. The standard InChI is InChI=1S/C56H108O9/c1-3-5-7-9-11-13-15-17-19-21-23-25-26-28-30-32-34-36-38-40-42-44-46-62-48-50(49-63-56-55(61)54(60)53(59)51(47-57)65-56)64-52(58)45-43-41-39-37-35-33-31-29-27-24-22-20-18-16-14-12-10-8-6-4-2/h21,23,50-51,53-57,59-61H,3-20,22,24-49H2,1-2H3/b23-21-. The number of esters is 1. The van der Waals surface area contributed by atoms with E-state index < -0.39 is 43.4 Å². The van der Waals surface area contributed by atoms with Crippen LogP contribution in [0.4, 0.5) is 0 Å². The van der Waals surface area contributed by atoms with E-state index in [1.807, 2.05) is 0 Å². The summed E-state index contributed by atoms with van der Waals surface area (Å²) in [5, 5.41) is 40.3. The van der Waals surface area contributed by atoms with E-state index >= 15 is 0 Å². The molecule has 0 saturated carbocycles. The Hall–Kier alpha value is -1.07. The lowest BCUT2D eigenvalue weighted by molar-refractivity contribution is -0.305. The molecule has 1 rings (SSSR count). The molecular formula is C56H108O9. The molecule has 1 saturated heterocycles. The second-order valence-electron chi connectivity index (χ2n) is 19.7. The molecule has 0 aromatic rings. The van der Waals surface area contributed by atoms with Gasteiger partial charge in [0.25, 0.3) is 0 Å². The first-order chi connectivity index (χ1) is 31.9. The predicted molar refractivity (Wildman–Crippen MR) is 270 cm³/mol. The number of unbranched alkanes of at least 4 members (excludes halogenated alkanes) is 37. The van der Waals surface area contributed by atoms with E-state index in [-0.39, 0.29) is 19.2 Å². The van der Waals surface area contributed by atoms with E-state index in [1.54, 1.807) is 0 Å².